The van der Waals surface area contributed by atoms with Crippen LogP contribution in [0, 0.1) is 18.7 Å². The molecule has 1 saturated carbocycles. The number of nitrogens with one attached hydrogen (secondary N) is 2. The van der Waals surface area contributed by atoms with Gasteiger partial charge in [-0.05, 0) is 105 Å². The van der Waals surface area contributed by atoms with Crippen LogP contribution >= 0.6 is 0 Å². The molecule has 1 unspecified atom stereocenters. The van der Waals surface area contributed by atoms with Crippen molar-refractivity contribution in [3.63, 3.8) is 0 Å². The summed E-state index contributed by atoms with van der Waals surface area (Å²) >= 11 is 0. The number of sulfonamides is 2. The molecule has 2 fully saturated rings. The molecule has 1 amide bonds. The fourth-order valence-electron chi connectivity index (χ4n) is 6.88. The number of anilines is 3. The van der Waals surface area contributed by atoms with Crippen molar-refractivity contribution in [2.45, 2.75) is 53.9 Å². The van der Waals surface area contributed by atoms with Gasteiger partial charge in [0.05, 0.1) is 33.0 Å². The molecule has 2 aliphatic heterocycles. The summed E-state index contributed by atoms with van der Waals surface area (Å²) in [4.78, 5) is 13.4. The fourth-order valence-corrected chi connectivity index (χ4v) is 11.3. The third kappa shape index (κ3) is 5.75. The van der Waals surface area contributed by atoms with Crippen molar-refractivity contribution >= 4 is 53.0 Å². The van der Waals surface area contributed by atoms with Crippen LogP contribution in [0.15, 0.2) is 87.1 Å². The van der Waals surface area contributed by atoms with E-state index in [0.29, 0.717) is 17.0 Å². The average molecular weight is 715 g/mol. The van der Waals surface area contributed by atoms with Gasteiger partial charge in [0.1, 0.15) is 21.4 Å². The van der Waals surface area contributed by atoms with Crippen molar-refractivity contribution in [1.29, 1.82) is 0 Å². The highest BCUT2D eigenvalue weighted by atomic mass is 32.2. The lowest BCUT2D eigenvalue weighted by atomic mass is 9.70. The van der Waals surface area contributed by atoms with E-state index in [0.717, 1.165) is 25.0 Å². The van der Waals surface area contributed by atoms with E-state index in [-0.39, 0.29) is 57.1 Å². The van der Waals surface area contributed by atoms with E-state index >= 15 is 0 Å². The molecule has 4 aromatic rings. The lowest BCUT2D eigenvalue weighted by molar-refractivity contribution is 0.102. The number of carbonyl (C=O) groups is 1. The number of fused-ring (bicyclic) bond motifs is 2. The molecule has 1 spiro atoms. The highest BCUT2D eigenvalue weighted by molar-refractivity contribution is 7.93. The van der Waals surface area contributed by atoms with E-state index in [1.165, 1.54) is 52.8 Å². The minimum absolute atomic E-state index is 0.00418. The lowest BCUT2D eigenvalue weighted by Gasteiger charge is -2.41. The van der Waals surface area contributed by atoms with Gasteiger partial charge in [-0.2, -0.15) is 0 Å². The Balaban J connectivity index is 1.25. The SMILES string of the molecule is Cc1cc(NS(=O)(=O)c2cccc(NC(=O)c3ccc4c(c3)C3(CCS(=O)(=O)CC3)C(C3CC3)N4S(=O)(=O)c3ccc(F)cc3)c2)no1. The first kappa shape index (κ1) is 32.3. The Morgan fingerprint density at radius 1 is 0.958 bits per heavy atom. The van der Waals surface area contributed by atoms with Gasteiger partial charge in [-0.15, -0.1) is 0 Å². The fraction of sp³-hybridized carbons (Fsp3) is 0.312. The van der Waals surface area contributed by atoms with Gasteiger partial charge in [0.2, 0.25) is 0 Å². The van der Waals surface area contributed by atoms with Crippen molar-refractivity contribution < 1.29 is 39.0 Å². The van der Waals surface area contributed by atoms with Crippen molar-refractivity contribution in [1.82, 2.24) is 5.16 Å². The Morgan fingerprint density at radius 2 is 1.67 bits per heavy atom. The Labute approximate surface area is 277 Å². The van der Waals surface area contributed by atoms with Gasteiger partial charge in [-0.1, -0.05) is 11.2 Å². The molecule has 12 nitrogen and oxygen atoms in total. The number of benzene rings is 3. The number of sulfone groups is 1. The molecule has 1 saturated heterocycles. The number of hydrogen-bond donors (Lipinski definition) is 2. The first-order valence-corrected chi connectivity index (χ1v) is 20.0. The smallest absolute Gasteiger partial charge is 0.264 e. The third-order valence-electron chi connectivity index (χ3n) is 9.28. The van der Waals surface area contributed by atoms with Gasteiger partial charge in [-0.25, -0.2) is 29.6 Å². The topological polar surface area (TPSA) is 173 Å². The second-order valence-corrected chi connectivity index (χ2v) is 18.3. The van der Waals surface area contributed by atoms with E-state index in [2.05, 4.69) is 15.2 Å². The van der Waals surface area contributed by atoms with Gasteiger partial charge >= 0.3 is 0 Å². The highest BCUT2D eigenvalue weighted by Crippen LogP contribution is 2.59. The molecule has 1 aromatic heterocycles. The summed E-state index contributed by atoms with van der Waals surface area (Å²) in [5.74, 6) is -1.01. The van der Waals surface area contributed by atoms with Crippen LogP contribution in [0.4, 0.5) is 21.6 Å². The van der Waals surface area contributed by atoms with Crippen molar-refractivity contribution in [2.75, 3.05) is 25.8 Å². The summed E-state index contributed by atoms with van der Waals surface area (Å²) in [6.45, 7) is 1.62. The van der Waals surface area contributed by atoms with Gasteiger partial charge in [0, 0.05) is 22.7 Å². The van der Waals surface area contributed by atoms with E-state index in [9.17, 15) is 34.4 Å². The minimum atomic E-state index is -4.21. The molecule has 1 aliphatic carbocycles. The van der Waals surface area contributed by atoms with Crippen LogP contribution in [-0.4, -0.2) is 53.9 Å². The molecule has 48 heavy (non-hydrogen) atoms. The standard InChI is InChI=1S/C32H31FN4O8S3/c1-20-17-29(35-45-20)36-47(41,42)26-4-2-3-24(19-26)34-31(38)22-7-12-28-27(18-22)32(13-15-46(39,40)16-14-32)30(21-5-6-21)37(28)48(43,44)25-10-8-23(33)9-11-25/h2-4,7-12,17-19,21,30H,5-6,13-16H2,1H3,(H,34,38)(H,35,36). The van der Waals surface area contributed by atoms with Gasteiger partial charge in [-0.3, -0.25) is 13.8 Å². The van der Waals surface area contributed by atoms with Crippen LogP contribution in [0.5, 0.6) is 0 Å². The van der Waals surface area contributed by atoms with E-state index < -0.39 is 53.1 Å². The van der Waals surface area contributed by atoms with Crippen LogP contribution < -0.4 is 14.3 Å². The second-order valence-electron chi connectivity index (χ2n) is 12.5. The van der Waals surface area contributed by atoms with Crippen molar-refractivity contribution in [3.05, 3.63) is 95.5 Å². The molecule has 3 aromatic carbocycles. The lowest BCUT2D eigenvalue weighted by Crippen LogP contribution is -2.52. The predicted octanol–water partition coefficient (Wildman–Crippen LogP) is 4.61. The number of aryl methyl sites for hydroxylation is 1. The average Bonchev–Trinajstić information content (AvgIpc) is 3.74. The predicted molar refractivity (Wildman–Crippen MR) is 175 cm³/mol. The molecule has 2 N–H and O–H groups in total. The normalized spacial score (nSPS) is 20.0. The van der Waals surface area contributed by atoms with Crippen LogP contribution in [0.2, 0.25) is 0 Å². The summed E-state index contributed by atoms with van der Waals surface area (Å²) < 4.78 is 102. The maximum absolute atomic E-state index is 14.2. The summed E-state index contributed by atoms with van der Waals surface area (Å²) in [5.41, 5.74) is 0.422. The first-order valence-electron chi connectivity index (χ1n) is 15.2. The Kier molecular flexibility index (Phi) is 7.67. The maximum Gasteiger partial charge on any atom is 0.264 e. The molecule has 7 rings (SSSR count). The number of rotatable bonds is 8. The monoisotopic (exact) mass is 714 g/mol. The number of carbonyl (C=O) groups excluding carboxylic acids is 1. The number of halogens is 1. The molecule has 16 heteroatoms. The highest BCUT2D eigenvalue weighted by Gasteiger charge is 2.60. The molecule has 3 aliphatic rings. The van der Waals surface area contributed by atoms with Crippen LogP contribution in [0.1, 0.15) is 47.4 Å². The number of aromatic nitrogens is 1. The number of hydrogen-bond acceptors (Lipinski definition) is 9. The zero-order valence-corrected chi connectivity index (χ0v) is 28.0. The Morgan fingerprint density at radius 3 is 2.31 bits per heavy atom. The van der Waals surface area contributed by atoms with E-state index in [1.807, 2.05) is 0 Å². The summed E-state index contributed by atoms with van der Waals surface area (Å²) in [6, 6.07) is 15.7. The van der Waals surface area contributed by atoms with Crippen LogP contribution in [0.25, 0.3) is 0 Å². The molecule has 0 bridgehead atoms. The van der Waals surface area contributed by atoms with Gasteiger partial charge < -0.3 is 9.84 Å². The van der Waals surface area contributed by atoms with Crippen LogP contribution in [-0.2, 0) is 35.3 Å². The Hall–Kier alpha value is -4.28. The minimum Gasteiger partial charge on any atom is -0.360 e. The quantitative estimate of drug-likeness (QED) is 0.264. The zero-order valence-electron chi connectivity index (χ0n) is 25.6. The first-order chi connectivity index (χ1) is 22.7. The zero-order chi connectivity index (χ0) is 34.1. The molecular weight excluding hydrogens is 684 g/mol. The molecule has 0 radical (unpaired) electrons. The van der Waals surface area contributed by atoms with Gasteiger partial charge in [0.25, 0.3) is 26.0 Å². The van der Waals surface area contributed by atoms with E-state index in [4.69, 9.17) is 4.52 Å². The Bertz CT molecular complexity index is 2260. The summed E-state index contributed by atoms with van der Waals surface area (Å²) in [5, 5.41) is 6.37. The molecule has 252 valence electrons. The molecular formula is C32H31FN4O8S3. The third-order valence-corrected chi connectivity index (χ3v) is 14.1. The number of amides is 1. The van der Waals surface area contributed by atoms with Gasteiger partial charge in [0.15, 0.2) is 5.82 Å². The largest absolute Gasteiger partial charge is 0.360 e. The summed E-state index contributed by atoms with van der Waals surface area (Å²) in [6.07, 6.45) is 1.89. The molecule has 3 heterocycles. The van der Waals surface area contributed by atoms with E-state index in [1.54, 1.807) is 19.1 Å². The van der Waals surface area contributed by atoms with Crippen LogP contribution in [0.3, 0.4) is 0 Å². The van der Waals surface area contributed by atoms with Crippen molar-refractivity contribution in [3.8, 4) is 0 Å². The van der Waals surface area contributed by atoms with Crippen molar-refractivity contribution in [2.24, 2.45) is 5.92 Å². The summed E-state index contributed by atoms with van der Waals surface area (Å²) in [7, 11) is -11.6. The number of nitrogens with zero attached hydrogens (tertiary/aromatic N) is 2. The second kappa shape index (κ2) is 11.4. The molecule has 1 atom stereocenters. The maximum atomic E-state index is 14.2.